The lowest BCUT2D eigenvalue weighted by molar-refractivity contribution is -0.110. The van der Waals surface area contributed by atoms with E-state index in [0.29, 0.717) is 22.4 Å². The minimum atomic E-state index is -0.194. The van der Waals surface area contributed by atoms with E-state index in [1.165, 1.54) is 5.56 Å². The Morgan fingerprint density at radius 3 is 2.43 bits per heavy atom. The van der Waals surface area contributed by atoms with Crippen molar-refractivity contribution in [3.63, 3.8) is 0 Å². The highest BCUT2D eigenvalue weighted by Crippen LogP contribution is 2.38. The van der Waals surface area contributed by atoms with Crippen molar-refractivity contribution in [1.82, 2.24) is 15.1 Å². The topological polar surface area (TPSA) is 76.7 Å². The van der Waals surface area contributed by atoms with Gasteiger partial charge in [0.05, 0.1) is 17.3 Å². The molecule has 8 heteroatoms. The molecule has 2 aliphatic rings. The van der Waals surface area contributed by atoms with Crippen molar-refractivity contribution in [2.24, 2.45) is 0 Å². The third-order valence-corrected chi connectivity index (χ3v) is 8.64. The molecule has 0 spiro atoms. The fourth-order valence-electron chi connectivity index (χ4n) is 5.45. The molecular formula is C34H35N5O2S. The second kappa shape index (κ2) is 12.3. The zero-order chi connectivity index (χ0) is 29.1. The lowest BCUT2D eigenvalue weighted by Crippen LogP contribution is -2.43. The van der Waals surface area contributed by atoms with Crippen LogP contribution in [0.4, 0.5) is 11.4 Å². The van der Waals surface area contributed by atoms with Gasteiger partial charge in [-0.1, -0.05) is 42.5 Å². The number of amides is 2. The van der Waals surface area contributed by atoms with Gasteiger partial charge >= 0.3 is 0 Å². The van der Waals surface area contributed by atoms with Crippen LogP contribution in [0.3, 0.4) is 0 Å². The number of benzene rings is 3. The number of rotatable bonds is 8. The van der Waals surface area contributed by atoms with E-state index in [2.05, 4.69) is 57.1 Å². The number of hydrogen-bond acceptors (Lipinski definition) is 6. The number of thiophene rings is 1. The van der Waals surface area contributed by atoms with Crippen molar-refractivity contribution < 1.29 is 9.59 Å². The molecule has 3 aromatic carbocycles. The van der Waals surface area contributed by atoms with Crippen molar-refractivity contribution in [2.45, 2.75) is 19.5 Å². The molecule has 0 aliphatic carbocycles. The Labute approximate surface area is 250 Å². The first-order valence-electron chi connectivity index (χ1n) is 14.3. The predicted octanol–water partition coefficient (Wildman–Crippen LogP) is 5.92. The average Bonchev–Trinajstić information content (AvgIpc) is 3.66. The Bertz CT molecular complexity index is 1590. The maximum Gasteiger partial charge on any atom is 0.258 e. The van der Waals surface area contributed by atoms with E-state index in [9.17, 15) is 9.59 Å². The van der Waals surface area contributed by atoms with Crippen LogP contribution >= 0.6 is 11.3 Å². The number of likely N-dealkylation sites (N-methyl/N-ethyl adjacent to an activating group) is 1. The third kappa shape index (κ3) is 6.16. The van der Waals surface area contributed by atoms with Crippen LogP contribution in [0.15, 0.2) is 89.6 Å². The van der Waals surface area contributed by atoms with Gasteiger partial charge in [0.15, 0.2) is 0 Å². The standard InChI is InChI=1S/C34H35N5O2S/c1-23(25-6-4-3-5-7-25)35-33(40)26-10-13-30-29(20-26)31(34(41)37-30)32(27-14-19-42-22-27)36-28-11-8-24(9-12-28)21-39-17-15-38(2)16-18-39/h3-14,19-20,22-23,36H,15-18,21H2,1-2H3,(H,35,40)(H,37,41)/t23-/m1/s1. The fourth-order valence-corrected chi connectivity index (χ4v) is 6.10. The summed E-state index contributed by atoms with van der Waals surface area (Å²) < 4.78 is 0. The number of anilines is 2. The Morgan fingerprint density at radius 1 is 0.952 bits per heavy atom. The molecule has 1 aromatic heterocycles. The first-order valence-corrected chi connectivity index (χ1v) is 15.2. The molecule has 4 aromatic rings. The van der Waals surface area contributed by atoms with Crippen molar-refractivity contribution in [1.29, 1.82) is 0 Å². The summed E-state index contributed by atoms with van der Waals surface area (Å²) in [7, 11) is 2.17. The van der Waals surface area contributed by atoms with Crippen molar-refractivity contribution in [3.05, 3.63) is 117 Å². The molecule has 0 unspecified atom stereocenters. The Morgan fingerprint density at radius 2 is 1.71 bits per heavy atom. The van der Waals surface area contributed by atoms with Gasteiger partial charge in [0, 0.05) is 66.2 Å². The van der Waals surface area contributed by atoms with Crippen LogP contribution in [-0.2, 0) is 11.3 Å². The highest BCUT2D eigenvalue weighted by molar-refractivity contribution is 7.08. The molecule has 0 saturated carbocycles. The predicted molar refractivity (Wildman–Crippen MR) is 171 cm³/mol. The van der Waals surface area contributed by atoms with Crippen LogP contribution in [0.1, 0.15) is 45.6 Å². The molecule has 2 aliphatic heterocycles. The number of carbonyl (C=O) groups is 2. The quantitative estimate of drug-likeness (QED) is 0.227. The highest BCUT2D eigenvalue weighted by atomic mass is 32.1. The van der Waals surface area contributed by atoms with Crippen LogP contribution < -0.4 is 16.0 Å². The van der Waals surface area contributed by atoms with E-state index >= 15 is 0 Å². The molecule has 2 amide bonds. The first kappa shape index (κ1) is 27.9. The van der Waals surface area contributed by atoms with Gasteiger partial charge in [0.2, 0.25) is 0 Å². The summed E-state index contributed by atoms with van der Waals surface area (Å²) in [5, 5.41) is 13.6. The summed E-state index contributed by atoms with van der Waals surface area (Å²) in [6.45, 7) is 7.23. The molecule has 42 heavy (non-hydrogen) atoms. The van der Waals surface area contributed by atoms with Crippen LogP contribution in [0, 0.1) is 0 Å². The average molecular weight is 578 g/mol. The molecule has 0 bridgehead atoms. The zero-order valence-corrected chi connectivity index (χ0v) is 24.7. The molecule has 1 fully saturated rings. The minimum absolute atomic E-state index is 0.149. The van der Waals surface area contributed by atoms with Crippen molar-refractivity contribution in [2.75, 3.05) is 43.9 Å². The molecule has 3 heterocycles. The van der Waals surface area contributed by atoms with Gasteiger partial charge in [-0.05, 0) is 66.9 Å². The monoisotopic (exact) mass is 577 g/mol. The van der Waals surface area contributed by atoms with Crippen LogP contribution in [0.5, 0.6) is 0 Å². The number of nitrogens with zero attached hydrogens (tertiary/aromatic N) is 2. The first-order chi connectivity index (χ1) is 20.4. The van der Waals surface area contributed by atoms with Gasteiger partial charge in [-0.15, -0.1) is 0 Å². The lowest BCUT2D eigenvalue weighted by atomic mass is 9.99. The van der Waals surface area contributed by atoms with E-state index in [1.54, 1.807) is 23.5 Å². The summed E-state index contributed by atoms with van der Waals surface area (Å²) in [4.78, 5) is 31.5. The van der Waals surface area contributed by atoms with Gasteiger partial charge < -0.3 is 20.9 Å². The van der Waals surface area contributed by atoms with Crippen LogP contribution in [0.2, 0.25) is 0 Å². The summed E-state index contributed by atoms with van der Waals surface area (Å²) in [5.74, 6) is -0.380. The van der Waals surface area contributed by atoms with Crippen LogP contribution in [-0.4, -0.2) is 54.8 Å². The van der Waals surface area contributed by atoms with Gasteiger partial charge in [0.1, 0.15) is 0 Å². The molecule has 6 rings (SSSR count). The Hall–Kier alpha value is -4.24. The summed E-state index contributed by atoms with van der Waals surface area (Å²) >= 11 is 1.58. The molecule has 1 atom stereocenters. The van der Waals surface area contributed by atoms with E-state index < -0.39 is 0 Å². The maximum absolute atomic E-state index is 13.4. The Balaban J connectivity index is 1.27. The lowest BCUT2D eigenvalue weighted by Gasteiger charge is -2.32. The van der Waals surface area contributed by atoms with E-state index in [4.69, 9.17) is 0 Å². The second-order valence-corrected chi connectivity index (χ2v) is 11.8. The van der Waals surface area contributed by atoms with Gasteiger partial charge in [-0.2, -0.15) is 11.3 Å². The van der Waals surface area contributed by atoms with E-state index in [0.717, 1.165) is 55.2 Å². The van der Waals surface area contributed by atoms with Gasteiger partial charge in [0.25, 0.3) is 11.8 Å². The fraction of sp³-hybridized carbons (Fsp3) is 0.235. The van der Waals surface area contributed by atoms with Crippen LogP contribution in [0.25, 0.3) is 11.3 Å². The van der Waals surface area contributed by atoms with Gasteiger partial charge in [-0.3, -0.25) is 14.5 Å². The molecule has 0 radical (unpaired) electrons. The molecule has 214 valence electrons. The Kier molecular flexibility index (Phi) is 8.19. The molecule has 3 N–H and O–H groups in total. The highest BCUT2D eigenvalue weighted by Gasteiger charge is 2.30. The summed E-state index contributed by atoms with van der Waals surface area (Å²) in [6.07, 6.45) is 0. The number of piperazine rings is 1. The smallest absolute Gasteiger partial charge is 0.258 e. The van der Waals surface area contributed by atoms with Crippen molar-refractivity contribution >= 4 is 45.8 Å². The number of carbonyl (C=O) groups excluding carboxylic acids is 2. The maximum atomic E-state index is 13.4. The number of fused-ring (bicyclic) bond motifs is 1. The molecular weight excluding hydrogens is 542 g/mol. The zero-order valence-electron chi connectivity index (χ0n) is 23.9. The normalized spacial score (nSPS) is 17.3. The summed E-state index contributed by atoms with van der Waals surface area (Å²) in [5.41, 5.74) is 7.26. The van der Waals surface area contributed by atoms with Gasteiger partial charge in [-0.25, -0.2) is 0 Å². The largest absolute Gasteiger partial charge is 0.354 e. The van der Waals surface area contributed by atoms with Crippen molar-refractivity contribution in [3.8, 4) is 0 Å². The molecule has 7 nitrogen and oxygen atoms in total. The van der Waals surface area contributed by atoms with E-state index in [1.807, 2.05) is 60.1 Å². The minimum Gasteiger partial charge on any atom is -0.354 e. The third-order valence-electron chi connectivity index (χ3n) is 7.96. The SMILES string of the molecule is C[C@@H](NC(=O)c1ccc2c(c1)C(=C(Nc1ccc(CN3CCN(C)CC3)cc1)c1ccsc1)C(=O)N2)c1ccccc1. The number of hydrogen-bond donors (Lipinski definition) is 3. The van der Waals surface area contributed by atoms with E-state index in [-0.39, 0.29) is 17.9 Å². The molecule has 1 saturated heterocycles. The number of nitrogens with one attached hydrogen (secondary N) is 3. The second-order valence-electron chi connectivity index (χ2n) is 11.0. The summed E-state index contributed by atoms with van der Waals surface area (Å²) in [6, 6.07) is 25.5.